The zero-order chi connectivity index (χ0) is 19.8. The molecular weight excluding hydrogens is 368 g/mol. The fourth-order valence-corrected chi connectivity index (χ4v) is 4.58. The number of carbonyl (C=O) groups is 1. The number of aryl methyl sites for hydroxylation is 2. The van der Waals surface area contributed by atoms with Gasteiger partial charge in [-0.25, -0.2) is 0 Å². The molecule has 5 nitrogen and oxygen atoms in total. The summed E-state index contributed by atoms with van der Waals surface area (Å²) in [6.07, 6.45) is 2.40. The molecule has 0 unspecified atom stereocenters. The quantitative estimate of drug-likeness (QED) is 0.424. The van der Waals surface area contributed by atoms with Crippen molar-refractivity contribution in [2.75, 3.05) is 5.75 Å². The van der Waals surface area contributed by atoms with Gasteiger partial charge in [-0.15, -0.1) is 10.2 Å². The number of benzene rings is 1. The molecule has 3 aromatic rings. The largest absolute Gasteiger partial charge is 0.318 e. The molecule has 2 heterocycles. The zero-order valence-electron chi connectivity index (χ0n) is 16.9. The lowest BCUT2D eigenvalue weighted by Crippen LogP contribution is -2.07. The van der Waals surface area contributed by atoms with Gasteiger partial charge in [-0.1, -0.05) is 29.5 Å². The van der Waals surface area contributed by atoms with Gasteiger partial charge in [0, 0.05) is 35.1 Å². The van der Waals surface area contributed by atoms with Gasteiger partial charge in [0.15, 0.2) is 10.9 Å². The monoisotopic (exact) mass is 394 g/mol. The maximum atomic E-state index is 13.0. The molecule has 0 spiro atoms. The van der Waals surface area contributed by atoms with Crippen LogP contribution in [0, 0.1) is 20.8 Å². The predicted octanol–water partition coefficient (Wildman–Crippen LogP) is 4.87. The molecule has 1 aromatic carbocycles. The topological polar surface area (TPSA) is 52.7 Å². The van der Waals surface area contributed by atoms with E-state index >= 15 is 0 Å². The first kappa shape index (κ1) is 19.0. The van der Waals surface area contributed by atoms with Gasteiger partial charge in [0.25, 0.3) is 0 Å². The molecule has 1 fully saturated rings. The molecule has 4 rings (SSSR count). The SMILES string of the molecule is CCn1c(SCC(=O)c2cc(C)n(-c3ccc(C)cc3)c2C)nnc1C1CC1. The lowest BCUT2D eigenvalue weighted by Gasteiger charge is -2.10. The standard InChI is InChI=1S/C22H26N4OS/c1-5-25-21(17-8-9-17)23-24-22(25)28-13-20(27)19-12-15(3)26(16(19)4)18-10-6-14(2)7-11-18/h6-7,10-12,17H,5,8-9,13H2,1-4H3. The highest BCUT2D eigenvalue weighted by Gasteiger charge is 2.30. The van der Waals surface area contributed by atoms with Crippen LogP contribution < -0.4 is 0 Å². The van der Waals surface area contributed by atoms with Crippen molar-refractivity contribution in [2.24, 2.45) is 0 Å². The van der Waals surface area contributed by atoms with Crippen LogP contribution in [0.1, 0.15) is 58.8 Å². The maximum Gasteiger partial charge on any atom is 0.191 e. The van der Waals surface area contributed by atoms with E-state index in [1.54, 1.807) is 0 Å². The number of carbonyl (C=O) groups excluding carboxylic acids is 1. The zero-order valence-corrected chi connectivity index (χ0v) is 17.7. The van der Waals surface area contributed by atoms with Crippen molar-refractivity contribution in [1.82, 2.24) is 19.3 Å². The Morgan fingerprint density at radius 2 is 1.86 bits per heavy atom. The van der Waals surface area contributed by atoms with E-state index in [0.717, 1.165) is 40.2 Å². The Balaban J connectivity index is 1.53. The Kier molecular flexibility index (Phi) is 5.15. The average molecular weight is 395 g/mol. The Labute approximate surface area is 170 Å². The van der Waals surface area contributed by atoms with Crippen LogP contribution >= 0.6 is 11.8 Å². The number of hydrogen-bond donors (Lipinski definition) is 0. The number of ketones is 1. The fraction of sp³-hybridized carbons (Fsp3) is 0.409. The molecule has 1 saturated carbocycles. The molecule has 0 atom stereocenters. The number of nitrogens with zero attached hydrogens (tertiary/aromatic N) is 4. The Morgan fingerprint density at radius 3 is 2.50 bits per heavy atom. The first-order chi connectivity index (χ1) is 13.5. The van der Waals surface area contributed by atoms with E-state index in [0.29, 0.717) is 11.7 Å². The summed E-state index contributed by atoms with van der Waals surface area (Å²) in [7, 11) is 0. The summed E-state index contributed by atoms with van der Waals surface area (Å²) < 4.78 is 4.31. The molecule has 146 valence electrons. The smallest absolute Gasteiger partial charge is 0.191 e. The Bertz CT molecular complexity index is 1010. The van der Waals surface area contributed by atoms with E-state index in [1.807, 2.05) is 19.9 Å². The minimum Gasteiger partial charge on any atom is -0.318 e. The highest BCUT2D eigenvalue weighted by atomic mass is 32.2. The van der Waals surface area contributed by atoms with E-state index in [-0.39, 0.29) is 5.78 Å². The lowest BCUT2D eigenvalue weighted by atomic mass is 10.2. The van der Waals surface area contributed by atoms with Gasteiger partial charge >= 0.3 is 0 Å². The molecule has 2 aromatic heterocycles. The summed E-state index contributed by atoms with van der Waals surface area (Å²) in [5.74, 6) is 2.15. The number of thioether (sulfide) groups is 1. The van der Waals surface area contributed by atoms with Crippen molar-refractivity contribution in [3.63, 3.8) is 0 Å². The predicted molar refractivity (Wildman–Crippen MR) is 113 cm³/mol. The summed E-state index contributed by atoms with van der Waals surface area (Å²) in [4.78, 5) is 13.0. The van der Waals surface area contributed by atoms with E-state index in [9.17, 15) is 4.79 Å². The van der Waals surface area contributed by atoms with E-state index in [4.69, 9.17) is 0 Å². The second kappa shape index (κ2) is 7.59. The highest BCUT2D eigenvalue weighted by Crippen LogP contribution is 2.40. The van der Waals surface area contributed by atoms with Crippen molar-refractivity contribution < 1.29 is 4.79 Å². The summed E-state index contributed by atoms with van der Waals surface area (Å²) >= 11 is 1.49. The second-order valence-corrected chi connectivity index (χ2v) is 8.47. The molecule has 6 heteroatoms. The molecule has 0 amide bonds. The average Bonchev–Trinajstić information content (AvgIpc) is 3.38. The third-order valence-electron chi connectivity index (χ3n) is 5.36. The van der Waals surface area contributed by atoms with Gasteiger partial charge in [0.1, 0.15) is 5.82 Å². The number of Topliss-reactive ketones (excluding diaryl/α,β-unsaturated/α-hetero) is 1. The van der Waals surface area contributed by atoms with Crippen LogP contribution in [0.3, 0.4) is 0 Å². The summed E-state index contributed by atoms with van der Waals surface area (Å²) in [5, 5.41) is 9.54. The molecular formula is C22H26N4OS. The molecule has 1 aliphatic carbocycles. The van der Waals surface area contributed by atoms with E-state index < -0.39 is 0 Å². The van der Waals surface area contributed by atoms with Crippen LogP contribution in [0.5, 0.6) is 0 Å². The minimum atomic E-state index is 0.134. The van der Waals surface area contributed by atoms with Crippen LogP contribution in [0.25, 0.3) is 5.69 Å². The van der Waals surface area contributed by atoms with Crippen molar-refractivity contribution >= 4 is 17.5 Å². The molecule has 0 N–H and O–H groups in total. The third kappa shape index (κ3) is 3.53. The number of aromatic nitrogens is 4. The van der Waals surface area contributed by atoms with Crippen LogP contribution in [-0.2, 0) is 6.54 Å². The summed E-state index contributed by atoms with van der Waals surface area (Å²) in [6, 6.07) is 10.4. The van der Waals surface area contributed by atoms with Crippen LogP contribution in [0.15, 0.2) is 35.5 Å². The first-order valence-electron chi connectivity index (χ1n) is 9.84. The van der Waals surface area contributed by atoms with Gasteiger partial charge in [0.05, 0.1) is 5.75 Å². The minimum absolute atomic E-state index is 0.134. The van der Waals surface area contributed by atoms with Crippen molar-refractivity contribution in [3.8, 4) is 5.69 Å². The van der Waals surface area contributed by atoms with Crippen molar-refractivity contribution in [2.45, 2.75) is 58.2 Å². The molecule has 28 heavy (non-hydrogen) atoms. The van der Waals surface area contributed by atoms with Gasteiger partial charge < -0.3 is 9.13 Å². The van der Waals surface area contributed by atoms with Crippen molar-refractivity contribution in [1.29, 1.82) is 0 Å². The summed E-state index contributed by atoms with van der Waals surface area (Å²) in [5.41, 5.74) is 5.16. The van der Waals surface area contributed by atoms with Gasteiger partial charge in [-0.3, -0.25) is 4.79 Å². The van der Waals surface area contributed by atoms with Crippen LogP contribution in [0.2, 0.25) is 0 Å². The molecule has 0 bridgehead atoms. The molecule has 0 radical (unpaired) electrons. The molecule has 0 aliphatic heterocycles. The lowest BCUT2D eigenvalue weighted by molar-refractivity contribution is 0.102. The highest BCUT2D eigenvalue weighted by molar-refractivity contribution is 7.99. The van der Waals surface area contributed by atoms with Crippen LogP contribution in [-0.4, -0.2) is 30.9 Å². The van der Waals surface area contributed by atoms with Gasteiger partial charge in [0.2, 0.25) is 0 Å². The Morgan fingerprint density at radius 1 is 1.14 bits per heavy atom. The summed E-state index contributed by atoms with van der Waals surface area (Å²) in [6.45, 7) is 9.10. The molecule has 0 saturated heterocycles. The van der Waals surface area contributed by atoms with Crippen molar-refractivity contribution in [3.05, 3.63) is 58.7 Å². The fourth-order valence-electron chi connectivity index (χ4n) is 3.69. The Hall–Kier alpha value is -2.34. The van der Waals surface area contributed by atoms with E-state index in [1.165, 1.54) is 30.2 Å². The second-order valence-electron chi connectivity index (χ2n) is 7.53. The number of rotatable bonds is 7. The van der Waals surface area contributed by atoms with Gasteiger partial charge in [-0.05, 0) is 58.7 Å². The van der Waals surface area contributed by atoms with Crippen LogP contribution in [0.4, 0.5) is 0 Å². The third-order valence-corrected chi connectivity index (χ3v) is 6.33. The first-order valence-corrected chi connectivity index (χ1v) is 10.8. The normalized spacial score (nSPS) is 13.9. The maximum absolute atomic E-state index is 13.0. The van der Waals surface area contributed by atoms with E-state index in [2.05, 4.69) is 57.4 Å². The molecule has 1 aliphatic rings. The number of hydrogen-bond acceptors (Lipinski definition) is 4. The van der Waals surface area contributed by atoms with Gasteiger partial charge in [-0.2, -0.15) is 0 Å².